The van der Waals surface area contributed by atoms with E-state index in [2.05, 4.69) is 35.4 Å². The fourth-order valence-electron chi connectivity index (χ4n) is 1.44. The summed E-state index contributed by atoms with van der Waals surface area (Å²) in [6.45, 7) is 12.1. The van der Waals surface area contributed by atoms with Crippen LogP contribution in [-0.4, -0.2) is 22.5 Å². The van der Waals surface area contributed by atoms with Crippen LogP contribution in [0.1, 0.15) is 46.9 Å². The highest BCUT2D eigenvalue weighted by molar-refractivity contribution is 7.09. The second kappa shape index (κ2) is 6.31. The van der Waals surface area contributed by atoms with Crippen LogP contribution < -0.4 is 5.32 Å². The summed E-state index contributed by atoms with van der Waals surface area (Å²) in [5.41, 5.74) is -0.358. The van der Waals surface area contributed by atoms with Crippen LogP contribution in [0.25, 0.3) is 0 Å². The predicted octanol–water partition coefficient (Wildman–Crippen LogP) is 3.27. The van der Waals surface area contributed by atoms with E-state index in [-0.39, 0.29) is 5.60 Å². The van der Waals surface area contributed by atoms with Crippen molar-refractivity contribution in [1.82, 2.24) is 9.36 Å². The molecule has 0 bridgehead atoms. The Morgan fingerprint density at radius 3 is 2.65 bits per heavy atom. The number of anilines is 1. The summed E-state index contributed by atoms with van der Waals surface area (Å²) >= 11 is 1.41. The summed E-state index contributed by atoms with van der Waals surface area (Å²) in [5, 5.41) is 4.17. The lowest BCUT2D eigenvalue weighted by atomic mass is 10.0. The van der Waals surface area contributed by atoms with Crippen LogP contribution in [0.5, 0.6) is 0 Å². The fourth-order valence-corrected chi connectivity index (χ4v) is 2.13. The summed E-state index contributed by atoms with van der Waals surface area (Å²) in [7, 11) is 0. The maximum atomic E-state index is 5.76. The Bertz CT molecular complexity index is 340. The van der Waals surface area contributed by atoms with E-state index in [0.29, 0.717) is 12.5 Å². The van der Waals surface area contributed by atoms with Crippen LogP contribution in [0, 0.1) is 5.92 Å². The summed E-state index contributed by atoms with van der Waals surface area (Å²) in [5.74, 6) is 1.39. The van der Waals surface area contributed by atoms with Crippen LogP contribution in [0.2, 0.25) is 0 Å². The predicted molar refractivity (Wildman–Crippen MR) is 72.5 cm³/mol. The van der Waals surface area contributed by atoms with Crippen LogP contribution >= 0.6 is 11.5 Å². The first-order valence-corrected chi connectivity index (χ1v) is 7.01. The lowest BCUT2D eigenvalue weighted by Gasteiger charge is -2.24. The summed E-state index contributed by atoms with van der Waals surface area (Å²) < 4.78 is 10.2. The number of nitrogens with one attached hydrogen (secondary N) is 1. The van der Waals surface area contributed by atoms with Crippen molar-refractivity contribution in [2.45, 2.75) is 46.6 Å². The molecule has 4 nitrogen and oxygen atoms in total. The molecule has 1 heterocycles. The van der Waals surface area contributed by atoms with Crippen molar-refractivity contribution in [1.29, 1.82) is 0 Å². The highest BCUT2D eigenvalue weighted by Crippen LogP contribution is 2.28. The zero-order valence-electron chi connectivity index (χ0n) is 11.4. The molecule has 0 aliphatic rings. The number of hydrogen-bond donors (Lipinski definition) is 1. The van der Waals surface area contributed by atoms with Gasteiger partial charge in [0.15, 0.2) is 5.82 Å². The Morgan fingerprint density at radius 1 is 1.41 bits per heavy atom. The van der Waals surface area contributed by atoms with E-state index in [4.69, 9.17) is 4.74 Å². The van der Waals surface area contributed by atoms with Gasteiger partial charge in [-0.1, -0.05) is 20.8 Å². The third kappa shape index (κ3) is 3.92. The van der Waals surface area contributed by atoms with Gasteiger partial charge >= 0.3 is 0 Å². The van der Waals surface area contributed by atoms with Gasteiger partial charge in [-0.3, -0.25) is 0 Å². The minimum absolute atomic E-state index is 0.358. The summed E-state index contributed by atoms with van der Waals surface area (Å²) in [6.07, 6.45) is 0.876. The molecule has 0 fully saturated rings. The van der Waals surface area contributed by atoms with Gasteiger partial charge in [0.05, 0.1) is 0 Å². The third-order valence-corrected chi connectivity index (χ3v) is 3.37. The Kier molecular flexibility index (Phi) is 5.33. The largest absolute Gasteiger partial charge is 0.368 e. The van der Waals surface area contributed by atoms with E-state index in [9.17, 15) is 0 Å². The molecule has 0 saturated heterocycles. The van der Waals surface area contributed by atoms with Crippen molar-refractivity contribution in [3.05, 3.63) is 5.82 Å². The minimum atomic E-state index is -0.358. The van der Waals surface area contributed by atoms with Crippen LogP contribution in [0.4, 0.5) is 5.13 Å². The van der Waals surface area contributed by atoms with Gasteiger partial charge in [-0.05, 0) is 26.2 Å². The highest BCUT2D eigenvalue weighted by Gasteiger charge is 2.29. The Hall–Kier alpha value is -0.680. The number of hydrogen-bond acceptors (Lipinski definition) is 5. The van der Waals surface area contributed by atoms with Gasteiger partial charge in [0, 0.05) is 24.7 Å². The van der Waals surface area contributed by atoms with E-state index in [1.54, 1.807) is 0 Å². The third-order valence-electron chi connectivity index (χ3n) is 2.70. The van der Waals surface area contributed by atoms with Crippen molar-refractivity contribution in [3.8, 4) is 0 Å². The van der Waals surface area contributed by atoms with Gasteiger partial charge in [0.2, 0.25) is 5.13 Å². The number of ether oxygens (including phenoxy) is 1. The van der Waals surface area contributed by atoms with E-state index in [1.165, 1.54) is 11.5 Å². The lowest BCUT2D eigenvalue weighted by Crippen LogP contribution is -2.26. The van der Waals surface area contributed by atoms with Gasteiger partial charge in [-0.15, -0.1) is 0 Å². The highest BCUT2D eigenvalue weighted by atomic mass is 32.1. The van der Waals surface area contributed by atoms with Crippen LogP contribution in [0.15, 0.2) is 0 Å². The first kappa shape index (κ1) is 14.4. The molecule has 0 spiro atoms. The lowest BCUT2D eigenvalue weighted by molar-refractivity contribution is -0.0381. The molecule has 1 rings (SSSR count). The first-order chi connectivity index (χ1) is 8.01. The average molecular weight is 257 g/mol. The fraction of sp³-hybridized carbons (Fsp3) is 0.833. The molecule has 0 amide bonds. The van der Waals surface area contributed by atoms with E-state index >= 15 is 0 Å². The molecule has 0 aromatic carbocycles. The number of aromatic nitrogens is 2. The maximum Gasteiger partial charge on any atom is 0.202 e. The monoisotopic (exact) mass is 257 g/mol. The molecule has 0 saturated carbocycles. The van der Waals surface area contributed by atoms with E-state index in [1.807, 2.05) is 13.8 Å². The van der Waals surface area contributed by atoms with Crippen molar-refractivity contribution in [2.75, 3.05) is 18.5 Å². The van der Waals surface area contributed by atoms with E-state index < -0.39 is 0 Å². The standard InChI is InChI=1S/C12H23N3OS/c1-6-12(5,16-7-2)10-14-11(17-15-10)13-8-9(3)4/h9H,6-8H2,1-5H3,(H,13,14,15). The molecule has 17 heavy (non-hydrogen) atoms. The van der Waals surface area contributed by atoms with Gasteiger partial charge in [-0.2, -0.15) is 4.37 Å². The minimum Gasteiger partial charge on any atom is -0.368 e. The summed E-state index contributed by atoms with van der Waals surface area (Å²) in [6, 6.07) is 0. The molecule has 1 N–H and O–H groups in total. The molecule has 98 valence electrons. The second-order valence-corrected chi connectivity index (χ2v) is 5.47. The summed E-state index contributed by atoms with van der Waals surface area (Å²) in [4.78, 5) is 4.52. The van der Waals surface area contributed by atoms with Crippen molar-refractivity contribution in [3.63, 3.8) is 0 Å². The zero-order chi connectivity index (χ0) is 12.9. The molecular weight excluding hydrogens is 234 g/mol. The zero-order valence-corrected chi connectivity index (χ0v) is 12.2. The SMILES string of the molecule is CCOC(C)(CC)c1nsc(NCC(C)C)n1. The van der Waals surface area contributed by atoms with Crippen LogP contribution in [-0.2, 0) is 10.3 Å². The number of rotatable bonds is 7. The van der Waals surface area contributed by atoms with Gasteiger partial charge < -0.3 is 10.1 Å². The second-order valence-electron chi connectivity index (χ2n) is 4.72. The molecule has 0 radical (unpaired) electrons. The van der Waals surface area contributed by atoms with Gasteiger partial charge in [0.1, 0.15) is 5.60 Å². The molecular formula is C12H23N3OS. The van der Waals surface area contributed by atoms with Gasteiger partial charge in [0.25, 0.3) is 0 Å². The van der Waals surface area contributed by atoms with Crippen LogP contribution in [0.3, 0.4) is 0 Å². The first-order valence-electron chi connectivity index (χ1n) is 6.23. The van der Waals surface area contributed by atoms with Crippen molar-refractivity contribution >= 4 is 16.7 Å². The Morgan fingerprint density at radius 2 is 2.12 bits per heavy atom. The molecule has 1 aromatic heterocycles. The molecule has 0 aliphatic heterocycles. The van der Waals surface area contributed by atoms with Crippen molar-refractivity contribution < 1.29 is 4.74 Å². The normalized spacial score (nSPS) is 14.9. The van der Waals surface area contributed by atoms with E-state index in [0.717, 1.165) is 23.9 Å². The average Bonchev–Trinajstić information content (AvgIpc) is 2.75. The Labute approximate surface area is 108 Å². The Balaban J connectivity index is 2.71. The van der Waals surface area contributed by atoms with Gasteiger partial charge in [-0.25, -0.2) is 4.98 Å². The molecule has 5 heteroatoms. The molecule has 1 atom stereocenters. The number of nitrogens with zero attached hydrogens (tertiary/aromatic N) is 2. The smallest absolute Gasteiger partial charge is 0.202 e. The molecule has 0 aliphatic carbocycles. The molecule has 1 aromatic rings. The molecule has 1 unspecified atom stereocenters. The maximum absolute atomic E-state index is 5.76. The van der Waals surface area contributed by atoms with Crippen molar-refractivity contribution in [2.24, 2.45) is 5.92 Å². The quantitative estimate of drug-likeness (QED) is 0.814. The topological polar surface area (TPSA) is 47.0 Å².